The number of rotatable bonds is 4. The Morgan fingerprint density at radius 1 is 1.19 bits per heavy atom. The molecule has 0 aliphatic carbocycles. The summed E-state index contributed by atoms with van der Waals surface area (Å²) in [5.41, 5.74) is -0.407. The van der Waals surface area contributed by atoms with Gasteiger partial charge in [0, 0.05) is 17.8 Å². The van der Waals surface area contributed by atoms with Gasteiger partial charge in [-0.15, -0.1) is 0 Å². The number of halogens is 6. The Morgan fingerprint density at radius 2 is 1.92 bits per heavy atom. The zero-order valence-corrected chi connectivity index (χ0v) is 15.6. The van der Waals surface area contributed by atoms with E-state index in [1.165, 1.54) is 12.4 Å². The number of H-pyrrole nitrogens is 1. The lowest BCUT2D eigenvalue weighted by molar-refractivity contribution is 0.102. The molecule has 0 spiro atoms. The Balaban J connectivity index is 1.78. The first-order chi connectivity index (χ1) is 12.3. The Morgan fingerprint density at radius 3 is 2.58 bits per heavy atom. The van der Waals surface area contributed by atoms with E-state index in [4.69, 9.17) is 0 Å². The van der Waals surface area contributed by atoms with E-state index in [2.05, 4.69) is 52.5 Å². The molecule has 0 bridgehead atoms. The summed E-state index contributed by atoms with van der Waals surface area (Å²) in [6, 6.07) is 0.257. The van der Waals surface area contributed by atoms with Crippen LogP contribution in [0.1, 0.15) is 16.1 Å². The third kappa shape index (κ3) is 3.51. The second-order valence-corrected chi connectivity index (χ2v) is 6.61. The second kappa shape index (κ2) is 7.19. The van der Waals surface area contributed by atoms with Crippen LogP contribution in [-0.4, -0.2) is 25.9 Å². The van der Waals surface area contributed by atoms with Gasteiger partial charge in [0.15, 0.2) is 23.1 Å². The number of aromatic nitrogens is 4. The molecule has 1 aromatic carbocycles. The molecule has 0 saturated heterocycles. The van der Waals surface area contributed by atoms with Gasteiger partial charge in [-0.25, -0.2) is 17.6 Å². The monoisotopic (exact) mass is 495 g/mol. The van der Waals surface area contributed by atoms with Crippen LogP contribution in [0.3, 0.4) is 0 Å². The van der Waals surface area contributed by atoms with Crippen LogP contribution in [-0.2, 0) is 6.54 Å². The van der Waals surface area contributed by atoms with E-state index in [9.17, 15) is 22.4 Å². The molecule has 3 rings (SSSR count). The number of anilines is 1. The number of nitrogens with zero attached hydrogens (tertiary/aromatic N) is 3. The molecule has 0 radical (unpaired) electrons. The summed E-state index contributed by atoms with van der Waals surface area (Å²) < 4.78 is 55.6. The molecule has 1 amide bonds. The van der Waals surface area contributed by atoms with Crippen molar-refractivity contribution in [2.24, 2.45) is 0 Å². The summed E-state index contributed by atoms with van der Waals surface area (Å²) in [4.78, 5) is 12.1. The third-order valence-corrected chi connectivity index (χ3v) is 5.18. The molecule has 2 N–H and O–H groups in total. The highest BCUT2D eigenvalue weighted by molar-refractivity contribution is 9.13. The minimum absolute atomic E-state index is 0.0716. The van der Waals surface area contributed by atoms with Crippen molar-refractivity contribution in [3.05, 3.63) is 62.1 Å². The topological polar surface area (TPSA) is 75.6 Å². The van der Waals surface area contributed by atoms with Crippen LogP contribution in [0.2, 0.25) is 0 Å². The van der Waals surface area contributed by atoms with Crippen molar-refractivity contribution in [3.63, 3.8) is 0 Å². The Bertz CT molecular complexity index is 1000. The number of hydrogen-bond acceptors (Lipinski definition) is 3. The Hall–Kier alpha value is -2.21. The standard InChI is InChI=1S/C14H7Br2F4N5O/c15-9-12(23-24-13(9)16)14(26)22-5-2-21-25(3-5)4-6-7(17)1-8(18)11(20)10(6)19/h1-3H,4H2,(H,22,26)(H,23,24). The number of amides is 1. The number of carbonyl (C=O) groups is 1. The fourth-order valence-corrected chi connectivity index (χ4v) is 2.71. The first kappa shape index (κ1) is 18.6. The molecule has 0 aliphatic rings. The van der Waals surface area contributed by atoms with Crippen LogP contribution in [0.25, 0.3) is 0 Å². The van der Waals surface area contributed by atoms with Crippen LogP contribution < -0.4 is 5.32 Å². The van der Waals surface area contributed by atoms with Gasteiger partial charge >= 0.3 is 0 Å². The maximum absolute atomic E-state index is 13.7. The summed E-state index contributed by atoms with van der Waals surface area (Å²) in [7, 11) is 0. The number of nitrogens with one attached hydrogen (secondary N) is 2. The molecule has 0 atom stereocenters. The van der Waals surface area contributed by atoms with Crippen LogP contribution in [0, 0.1) is 23.3 Å². The molecular weight excluding hydrogens is 490 g/mol. The van der Waals surface area contributed by atoms with Gasteiger partial charge in [-0.3, -0.25) is 14.6 Å². The third-order valence-electron chi connectivity index (χ3n) is 3.30. The molecule has 6 nitrogen and oxygen atoms in total. The summed E-state index contributed by atoms with van der Waals surface area (Å²) in [5.74, 6) is -6.82. The first-order valence-electron chi connectivity index (χ1n) is 6.83. The lowest BCUT2D eigenvalue weighted by Gasteiger charge is -2.06. The molecule has 0 aliphatic heterocycles. The van der Waals surface area contributed by atoms with Gasteiger partial charge in [-0.2, -0.15) is 10.2 Å². The summed E-state index contributed by atoms with van der Waals surface area (Å²) >= 11 is 6.32. The van der Waals surface area contributed by atoms with Gasteiger partial charge in [0.25, 0.3) is 5.91 Å². The van der Waals surface area contributed by atoms with Crippen LogP contribution in [0.5, 0.6) is 0 Å². The van der Waals surface area contributed by atoms with Crippen LogP contribution in [0.15, 0.2) is 27.5 Å². The average molecular weight is 497 g/mol. The number of aromatic amines is 1. The number of hydrogen-bond donors (Lipinski definition) is 2. The molecule has 12 heteroatoms. The van der Waals surface area contributed by atoms with Gasteiger partial charge in [0.1, 0.15) is 10.4 Å². The van der Waals surface area contributed by atoms with Gasteiger partial charge < -0.3 is 5.32 Å². The lowest BCUT2D eigenvalue weighted by atomic mass is 10.2. The van der Waals surface area contributed by atoms with Gasteiger partial charge in [0.05, 0.1) is 22.9 Å². The molecule has 3 aromatic rings. The summed E-state index contributed by atoms with van der Waals surface area (Å²) in [5, 5.41) is 12.7. The van der Waals surface area contributed by atoms with E-state index in [0.29, 0.717) is 9.08 Å². The van der Waals surface area contributed by atoms with E-state index >= 15 is 0 Å². The molecule has 2 aromatic heterocycles. The summed E-state index contributed by atoms with van der Waals surface area (Å²) in [6.07, 6.45) is 2.50. The van der Waals surface area contributed by atoms with Crippen molar-refractivity contribution in [1.82, 2.24) is 20.0 Å². The number of carbonyl (C=O) groups excluding carboxylic acids is 1. The maximum Gasteiger partial charge on any atom is 0.277 e. The average Bonchev–Trinajstić information content (AvgIpc) is 3.16. The molecule has 136 valence electrons. The van der Waals surface area contributed by atoms with E-state index in [1.807, 2.05) is 0 Å². The minimum Gasteiger partial charge on any atom is -0.318 e. The number of benzene rings is 1. The van der Waals surface area contributed by atoms with E-state index < -0.39 is 41.3 Å². The van der Waals surface area contributed by atoms with Crippen molar-refractivity contribution in [2.75, 3.05) is 5.32 Å². The van der Waals surface area contributed by atoms with E-state index in [-0.39, 0.29) is 17.4 Å². The second-order valence-electron chi connectivity index (χ2n) is 5.03. The van der Waals surface area contributed by atoms with Crippen LogP contribution in [0.4, 0.5) is 23.2 Å². The molecule has 0 saturated carbocycles. The lowest BCUT2D eigenvalue weighted by Crippen LogP contribution is -2.12. The zero-order chi connectivity index (χ0) is 19.0. The fourth-order valence-electron chi connectivity index (χ4n) is 2.07. The molecule has 2 heterocycles. The van der Waals surface area contributed by atoms with Crippen LogP contribution >= 0.6 is 31.9 Å². The van der Waals surface area contributed by atoms with Gasteiger partial charge in [-0.1, -0.05) is 0 Å². The largest absolute Gasteiger partial charge is 0.318 e. The normalized spacial score (nSPS) is 11.0. The quantitative estimate of drug-likeness (QED) is 0.326. The van der Waals surface area contributed by atoms with E-state index in [0.717, 1.165) is 4.68 Å². The fraction of sp³-hybridized carbons (Fsp3) is 0.0714. The maximum atomic E-state index is 13.7. The van der Waals surface area contributed by atoms with Crippen molar-refractivity contribution in [1.29, 1.82) is 0 Å². The van der Waals surface area contributed by atoms with Crippen molar-refractivity contribution < 1.29 is 22.4 Å². The smallest absolute Gasteiger partial charge is 0.277 e. The van der Waals surface area contributed by atoms with E-state index in [1.54, 1.807) is 0 Å². The highest BCUT2D eigenvalue weighted by Gasteiger charge is 2.20. The first-order valence-corrected chi connectivity index (χ1v) is 8.41. The minimum atomic E-state index is -1.77. The molecule has 0 fully saturated rings. The Kier molecular flexibility index (Phi) is 5.14. The molecule has 0 unspecified atom stereocenters. The Labute approximate surface area is 159 Å². The predicted octanol–water partition coefficient (Wildman–Crippen LogP) is 3.99. The van der Waals surface area contributed by atoms with Crippen molar-refractivity contribution in [2.45, 2.75) is 6.54 Å². The molecular formula is C14H7Br2F4N5O. The predicted molar refractivity (Wildman–Crippen MR) is 89.5 cm³/mol. The SMILES string of the molecule is O=C(Nc1cnn(Cc2c(F)cc(F)c(F)c2F)c1)c1n[nH]c(Br)c1Br. The highest BCUT2D eigenvalue weighted by Crippen LogP contribution is 2.25. The van der Waals surface area contributed by atoms with Crippen molar-refractivity contribution >= 4 is 43.5 Å². The molecule has 26 heavy (non-hydrogen) atoms. The van der Waals surface area contributed by atoms with Crippen molar-refractivity contribution in [3.8, 4) is 0 Å². The zero-order valence-electron chi connectivity index (χ0n) is 12.5. The highest BCUT2D eigenvalue weighted by atomic mass is 79.9. The van der Waals surface area contributed by atoms with Gasteiger partial charge in [-0.05, 0) is 31.9 Å². The van der Waals surface area contributed by atoms with Gasteiger partial charge in [0.2, 0.25) is 0 Å². The summed E-state index contributed by atoms with van der Waals surface area (Å²) in [6.45, 7) is -0.498.